The number of nitrogens with zero attached hydrogens (tertiary/aromatic N) is 1. The molecule has 0 atom stereocenters. The molecule has 2 rings (SSSR count). The summed E-state index contributed by atoms with van der Waals surface area (Å²) in [7, 11) is -9.65. The second-order valence-electron chi connectivity index (χ2n) is 3.69. The summed E-state index contributed by atoms with van der Waals surface area (Å²) in [6.45, 7) is 3.11. The fourth-order valence-electron chi connectivity index (χ4n) is 0.649. The van der Waals surface area contributed by atoms with E-state index in [-0.39, 0.29) is 0 Å². The van der Waals surface area contributed by atoms with E-state index in [4.69, 9.17) is 27.0 Å². The quantitative estimate of drug-likeness (QED) is 0.337. The molecule has 0 radical (unpaired) electrons. The predicted octanol–water partition coefficient (Wildman–Crippen LogP) is -2.39. The van der Waals surface area contributed by atoms with Crippen LogP contribution in [0.3, 0.4) is 0 Å². The highest BCUT2D eigenvalue weighted by Crippen LogP contribution is 2.18. The Kier molecular flexibility index (Phi) is 12.2. The maximum atomic E-state index is 9.68. The van der Waals surface area contributed by atoms with Crippen molar-refractivity contribution >= 4 is 37.6 Å². The fourth-order valence-corrected chi connectivity index (χ4v) is 2.32. The summed E-state index contributed by atoms with van der Waals surface area (Å²) in [5.41, 5.74) is 0. The molecular formula is C7H17NO13S3. The van der Waals surface area contributed by atoms with Gasteiger partial charge in [-0.25, -0.2) is 0 Å². The van der Waals surface area contributed by atoms with Crippen molar-refractivity contribution in [2.24, 2.45) is 0 Å². The van der Waals surface area contributed by atoms with Gasteiger partial charge in [0.15, 0.2) is 0 Å². The Morgan fingerprint density at radius 3 is 1.12 bits per heavy atom. The van der Waals surface area contributed by atoms with Crippen molar-refractivity contribution in [2.75, 3.05) is 40.5 Å². The van der Waals surface area contributed by atoms with Crippen LogP contribution in [0.4, 0.5) is 0 Å². The number of carbonyl (C=O) groups excluding carboxylic acids is 1. The van der Waals surface area contributed by atoms with Gasteiger partial charge in [-0.3, -0.25) is 13.9 Å². The molecule has 0 spiro atoms. The average molecular weight is 419 g/mol. The molecule has 2 aliphatic heterocycles. The van der Waals surface area contributed by atoms with Gasteiger partial charge in [0.05, 0.1) is 26.4 Å². The van der Waals surface area contributed by atoms with Crippen LogP contribution in [0, 0.1) is 0 Å². The lowest BCUT2D eigenvalue weighted by atomic mass is 10.6. The minimum absolute atomic E-state index is 0.750. The maximum Gasteiger partial charge on any atom is 0.432 e. The topological polar surface area (TPSA) is 200 Å². The number of hydrogen-bond donors (Lipinski definition) is 2. The summed E-state index contributed by atoms with van der Waals surface area (Å²) in [5.74, 6) is 0. The molecule has 1 amide bonds. The molecule has 17 heteroatoms. The third-order valence-electron chi connectivity index (χ3n) is 1.29. The first-order valence-electron chi connectivity index (χ1n) is 5.57. The first kappa shape index (κ1) is 25.3. The van der Waals surface area contributed by atoms with E-state index in [1.807, 2.05) is 0 Å². The summed E-state index contributed by atoms with van der Waals surface area (Å²) < 4.78 is 86.7. The van der Waals surface area contributed by atoms with Gasteiger partial charge < -0.3 is 14.4 Å². The van der Waals surface area contributed by atoms with Crippen molar-refractivity contribution in [1.82, 2.24) is 4.90 Å². The van der Waals surface area contributed by atoms with Crippen LogP contribution in [-0.2, 0) is 52.7 Å². The normalized spacial score (nSPS) is 20.2. The molecule has 14 nitrogen and oxygen atoms in total. The summed E-state index contributed by atoms with van der Waals surface area (Å²) in [5, 5.41) is 0. The van der Waals surface area contributed by atoms with Gasteiger partial charge in [-0.2, -0.15) is 25.3 Å². The Hall–Kier alpha value is -0.920. The lowest BCUT2D eigenvalue weighted by Gasteiger charge is -2.09. The molecule has 0 bridgehead atoms. The van der Waals surface area contributed by atoms with Crippen molar-refractivity contribution in [3.05, 3.63) is 0 Å². The number of ether oxygens (including phenoxy) is 2. The van der Waals surface area contributed by atoms with Gasteiger partial charge in [-0.05, 0) is 0 Å². The van der Waals surface area contributed by atoms with E-state index in [9.17, 15) is 21.6 Å². The van der Waals surface area contributed by atoms with E-state index in [0.717, 1.165) is 32.8 Å². The predicted molar refractivity (Wildman–Crippen MR) is 75.6 cm³/mol. The molecule has 0 aliphatic carbocycles. The minimum atomic E-state index is -4.67. The highest BCUT2D eigenvalue weighted by Gasteiger charge is 2.42. The van der Waals surface area contributed by atoms with Gasteiger partial charge in [0, 0.05) is 14.1 Å². The van der Waals surface area contributed by atoms with Crippen LogP contribution in [-0.4, -0.2) is 86.2 Å². The van der Waals surface area contributed by atoms with E-state index >= 15 is 0 Å². The second-order valence-corrected chi connectivity index (χ2v) is 7.31. The molecule has 24 heavy (non-hydrogen) atoms. The number of rotatable bonds is 1. The number of hydrogen-bond acceptors (Lipinski definition) is 11. The van der Waals surface area contributed by atoms with E-state index in [1.165, 1.54) is 4.90 Å². The van der Waals surface area contributed by atoms with Crippen LogP contribution >= 0.6 is 0 Å². The molecule has 0 saturated carbocycles. The molecule has 0 unspecified atom stereocenters. The Morgan fingerprint density at radius 2 is 1.08 bits per heavy atom. The Balaban J connectivity index is 0. The van der Waals surface area contributed by atoms with Crippen LogP contribution < -0.4 is 0 Å². The van der Waals surface area contributed by atoms with Crippen LogP contribution in [0.1, 0.15) is 0 Å². The van der Waals surface area contributed by atoms with Gasteiger partial charge in [0.1, 0.15) is 0 Å². The fraction of sp³-hybridized carbons (Fsp3) is 0.857. The molecule has 2 saturated heterocycles. The third kappa shape index (κ3) is 23.3. The largest absolute Gasteiger partial charge is 0.432 e. The monoisotopic (exact) mass is 419 g/mol. The second kappa shape index (κ2) is 11.6. The molecule has 2 N–H and O–H groups in total. The molecular weight excluding hydrogens is 402 g/mol. The van der Waals surface area contributed by atoms with Gasteiger partial charge in [0.2, 0.25) is 6.41 Å². The van der Waals surface area contributed by atoms with Crippen molar-refractivity contribution in [1.29, 1.82) is 0 Å². The minimum Gasteiger partial charge on any atom is -0.377 e. The van der Waals surface area contributed by atoms with Crippen LogP contribution in [0.25, 0.3) is 0 Å². The summed E-state index contributed by atoms with van der Waals surface area (Å²) >= 11 is 0. The molecule has 2 fully saturated rings. The van der Waals surface area contributed by atoms with E-state index in [1.54, 1.807) is 14.1 Å². The average Bonchev–Trinajstić information content (AvgIpc) is 2.36. The molecule has 146 valence electrons. The SMILES string of the molecule is C1COCCO1.CN(C)C=O.O=S(=O)(O)O.O=S1(=O)OS(=O)(=O)O1. The van der Waals surface area contributed by atoms with Crippen LogP contribution in [0.5, 0.6) is 0 Å². The first-order chi connectivity index (χ1) is 10.7. The number of carbonyl (C=O) groups is 1. The maximum absolute atomic E-state index is 9.68. The summed E-state index contributed by atoms with van der Waals surface area (Å²) in [4.78, 5) is 10.9. The van der Waals surface area contributed by atoms with Crippen molar-refractivity contribution in [3.8, 4) is 0 Å². The Morgan fingerprint density at radius 1 is 0.875 bits per heavy atom. The smallest absolute Gasteiger partial charge is 0.377 e. The first-order valence-corrected chi connectivity index (χ1v) is 9.64. The van der Waals surface area contributed by atoms with E-state index in [2.05, 4.69) is 7.26 Å². The van der Waals surface area contributed by atoms with Crippen molar-refractivity contribution in [2.45, 2.75) is 0 Å². The van der Waals surface area contributed by atoms with Crippen LogP contribution in [0.15, 0.2) is 0 Å². The molecule has 2 aliphatic rings. The van der Waals surface area contributed by atoms with Gasteiger partial charge in [-0.15, -0.1) is 0 Å². The Labute approximate surface area is 139 Å². The molecule has 0 aromatic rings. The van der Waals surface area contributed by atoms with E-state index < -0.39 is 31.2 Å². The zero-order valence-corrected chi connectivity index (χ0v) is 14.9. The summed E-state index contributed by atoms with van der Waals surface area (Å²) in [6.07, 6.45) is 0.750. The van der Waals surface area contributed by atoms with Gasteiger partial charge in [-0.1, -0.05) is 7.26 Å². The lowest BCUT2D eigenvalue weighted by Crippen LogP contribution is -2.30. The van der Waals surface area contributed by atoms with Gasteiger partial charge >= 0.3 is 31.2 Å². The molecule has 2 heterocycles. The van der Waals surface area contributed by atoms with Gasteiger partial charge in [0.25, 0.3) is 0 Å². The van der Waals surface area contributed by atoms with E-state index in [0.29, 0.717) is 0 Å². The highest BCUT2D eigenvalue weighted by atomic mass is 32.4. The zero-order chi connectivity index (χ0) is 19.4. The van der Waals surface area contributed by atoms with Crippen molar-refractivity contribution in [3.63, 3.8) is 0 Å². The lowest BCUT2D eigenvalue weighted by molar-refractivity contribution is -0.115. The van der Waals surface area contributed by atoms with Crippen LogP contribution in [0.2, 0.25) is 0 Å². The highest BCUT2D eigenvalue weighted by molar-refractivity contribution is 8.08. The molecule has 0 aromatic heterocycles. The Bertz CT molecular complexity index is 578. The summed E-state index contributed by atoms with van der Waals surface area (Å²) in [6, 6.07) is 0. The number of amides is 1. The third-order valence-corrected chi connectivity index (χ3v) is 3.95. The van der Waals surface area contributed by atoms with Crippen molar-refractivity contribution < 1.29 is 55.9 Å². The molecule has 0 aromatic carbocycles. The standard InChI is InChI=1S/C4H8O2.C3H7NO.O6S2.H2O4S/c1-2-6-4-3-5-1;1-4(2)3-5;1-7(2)5-8(3,4)6-7;1-5(2,3)4/h1-4H2;3H,1-2H3;;(H2,1,2,3,4). The zero-order valence-electron chi connectivity index (χ0n) is 12.5.